The summed E-state index contributed by atoms with van der Waals surface area (Å²) in [5.74, 6) is 0.793. The molecule has 0 aliphatic rings. The number of rotatable bonds is 5. The fourth-order valence-electron chi connectivity index (χ4n) is 1.85. The van der Waals surface area contributed by atoms with Gasteiger partial charge in [0.1, 0.15) is 12.4 Å². The monoisotopic (exact) mass is 266 g/mol. The van der Waals surface area contributed by atoms with Crippen molar-refractivity contribution in [3.05, 3.63) is 59.7 Å². The molecule has 0 N–H and O–H groups in total. The van der Waals surface area contributed by atoms with E-state index in [9.17, 15) is 0 Å². The van der Waals surface area contributed by atoms with E-state index in [1.165, 1.54) is 11.3 Å². The second-order valence-corrected chi connectivity index (χ2v) is 4.74. The molecule has 0 unspecified atom stereocenters. The highest BCUT2D eigenvalue weighted by atomic mass is 16.5. The molecular weight excluding hydrogens is 248 g/mol. The summed E-state index contributed by atoms with van der Waals surface area (Å²) < 4.78 is 5.67. The fourth-order valence-corrected chi connectivity index (χ4v) is 1.85. The second kappa shape index (κ2) is 6.63. The summed E-state index contributed by atoms with van der Waals surface area (Å²) in [5, 5.41) is 8.73. The van der Waals surface area contributed by atoms with Gasteiger partial charge in [-0.25, -0.2) is 0 Å². The first-order valence-electron chi connectivity index (χ1n) is 6.60. The lowest BCUT2D eigenvalue weighted by Gasteiger charge is -2.19. The van der Waals surface area contributed by atoms with E-state index >= 15 is 0 Å². The molecule has 2 aromatic rings. The maximum absolute atomic E-state index is 8.73. The summed E-state index contributed by atoms with van der Waals surface area (Å²) in [6, 6.07) is 17.7. The van der Waals surface area contributed by atoms with Gasteiger partial charge in [-0.15, -0.1) is 0 Å². The minimum absolute atomic E-state index is 0.607. The van der Waals surface area contributed by atoms with Gasteiger partial charge in [0.2, 0.25) is 0 Å². The molecular formula is C17H18N2O. The van der Waals surface area contributed by atoms with Crippen molar-refractivity contribution in [3.8, 4) is 11.8 Å². The molecule has 0 saturated carbocycles. The van der Waals surface area contributed by atoms with Crippen LogP contribution in [0, 0.1) is 18.3 Å². The van der Waals surface area contributed by atoms with E-state index in [4.69, 9.17) is 10.00 Å². The van der Waals surface area contributed by atoms with Crippen LogP contribution in [0.2, 0.25) is 0 Å². The van der Waals surface area contributed by atoms with E-state index in [-0.39, 0.29) is 0 Å². The molecule has 102 valence electrons. The molecule has 20 heavy (non-hydrogen) atoms. The lowest BCUT2D eigenvalue weighted by molar-refractivity contribution is 0.326. The molecule has 0 bridgehead atoms. The Labute approximate surface area is 120 Å². The normalized spacial score (nSPS) is 9.85. The predicted octanol–water partition coefficient (Wildman–Crippen LogP) is 3.38. The molecule has 0 saturated heterocycles. The highest BCUT2D eigenvalue weighted by molar-refractivity contribution is 5.46. The number of hydrogen-bond acceptors (Lipinski definition) is 3. The Bertz CT molecular complexity index is 582. The maximum Gasteiger partial charge on any atom is 0.119 e. The Morgan fingerprint density at radius 3 is 2.30 bits per heavy atom. The Kier molecular flexibility index (Phi) is 4.62. The number of ether oxygens (including phenoxy) is 1. The van der Waals surface area contributed by atoms with Crippen molar-refractivity contribution in [3.63, 3.8) is 0 Å². The van der Waals surface area contributed by atoms with Crippen LogP contribution < -0.4 is 9.64 Å². The van der Waals surface area contributed by atoms with Gasteiger partial charge in [0.25, 0.3) is 0 Å². The van der Waals surface area contributed by atoms with Crippen LogP contribution in [0.4, 0.5) is 5.69 Å². The predicted molar refractivity (Wildman–Crippen MR) is 81.1 cm³/mol. The van der Waals surface area contributed by atoms with E-state index in [1.807, 2.05) is 19.2 Å². The van der Waals surface area contributed by atoms with Gasteiger partial charge in [0.05, 0.1) is 18.2 Å². The highest BCUT2D eigenvalue weighted by Gasteiger charge is 2.01. The maximum atomic E-state index is 8.73. The fraction of sp³-hybridized carbons (Fsp3) is 0.235. The van der Waals surface area contributed by atoms with Gasteiger partial charge in [0, 0.05) is 12.7 Å². The minimum atomic E-state index is 0.607. The van der Waals surface area contributed by atoms with Crippen LogP contribution in [0.25, 0.3) is 0 Å². The highest BCUT2D eigenvalue weighted by Crippen LogP contribution is 2.14. The summed E-state index contributed by atoms with van der Waals surface area (Å²) >= 11 is 0. The molecule has 2 aromatic carbocycles. The van der Waals surface area contributed by atoms with Gasteiger partial charge >= 0.3 is 0 Å². The Hall–Kier alpha value is -2.47. The largest absolute Gasteiger partial charge is 0.492 e. The number of nitriles is 1. The molecule has 0 aliphatic heterocycles. The third-order valence-corrected chi connectivity index (χ3v) is 3.15. The van der Waals surface area contributed by atoms with Crippen molar-refractivity contribution in [2.75, 3.05) is 25.1 Å². The summed E-state index contributed by atoms with van der Waals surface area (Å²) in [7, 11) is 2.05. The first-order valence-corrected chi connectivity index (χ1v) is 6.60. The number of benzene rings is 2. The van der Waals surface area contributed by atoms with Gasteiger partial charge < -0.3 is 9.64 Å². The number of nitrogens with zero attached hydrogens (tertiary/aromatic N) is 2. The van der Waals surface area contributed by atoms with Crippen LogP contribution in [0.3, 0.4) is 0 Å². The van der Waals surface area contributed by atoms with Gasteiger partial charge in [-0.05, 0) is 43.3 Å². The van der Waals surface area contributed by atoms with Gasteiger partial charge in [-0.3, -0.25) is 0 Å². The Morgan fingerprint density at radius 2 is 1.70 bits per heavy atom. The van der Waals surface area contributed by atoms with Crippen molar-refractivity contribution in [1.82, 2.24) is 0 Å². The zero-order chi connectivity index (χ0) is 14.4. The van der Waals surface area contributed by atoms with E-state index in [0.717, 1.165) is 12.3 Å². The van der Waals surface area contributed by atoms with Crippen LogP contribution in [-0.2, 0) is 0 Å². The zero-order valence-corrected chi connectivity index (χ0v) is 11.8. The Morgan fingerprint density at radius 1 is 1.05 bits per heavy atom. The molecule has 3 heteroatoms. The molecule has 0 heterocycles. The smallest absolute Gasteiger partial charge is 0.119 e. The van der Waals surface area contributed by atoms with Gasteiger partial charge in [-0.1, -0.05) is 17.7 Å². The van der Waals surface area contributed by atoms with Crippen LogP contribution in [0.5, 0.6) is 5.75 Å². The SMILES string of the molecule is Cc1ccc(N(C)CCOc2ccc(C#N)cc2)cc1. The number of likely N-dealkylation sites (N-methyl/N-ethyl adjacent to an activating group) is 1. The lowest BCUT2D eigenvalue weighted by Crippen LogP contribution is -2.23. The second-order valence-electron chi connectivity index (χ2n) is 4.74. The molecule has 0 fully saturated rings. The molecule has 3 nitrogen and oxygen atoms in total. The average molecular weight is 266 g/mol. The van der Waals surface area contributed by atoms with Gasteiger partial charge in [-0.2, -0.15) is 5.26 Å². The van der Waals surface area contributed by atoms with Crippen LogP contribution >= 0.6 is 0 Å². The summed E-state index contributed by atoms with van der Waals surface area (Å²) in [4.78, 5) is 2.16. The number of anilines is 1. The molecule has 0 amide bonds. The molecule has 0 spiro atoms. The summed E-state index contributed by atoms with van der Waals surface area (Å²) in [5.41, 5.74) is 3.09. The third kappa shape index (κ3) is 3.76. The summed E-state index contributed by atoms with van der Waals surface area (Å²) in [6.45, 7) is 3.50. The lowest BCUT2D eigenvalue weighted by atomic mass is 10.2. The van der Waals surface area contributed by atoms with E-state index in [0.29, 0.717) is 12.2 Å². The molecule has 2 rings (SSSR count). The topological polar surface area (TPSA) is 36.3 Å². The molecule has 0 aliphatic carbocycles. The molecule has 0 atom stereocenters. The van der Waals surface area contributed by atoms with Crippen molar-refractivity contribution < 1.29 is 4.74 Å². The van der Waals surface area contributed by atoms with Crippen molar-refractivity contribution in [1.29, 1.82) is 5.26 Å². The third-order valence-electron chi connectivity index (χ3n) is 3.15. The molecule has 0 aromatic heterocycles. The average Bonchev–Trinajstić information content (AvgIpc) is 2.48. The quantitative estimate of drug-likeness (QED) is 0.832. The van der Waals surface area contributed by atoms with Crippen LogP contribution in [0.1, 0.15) is 11.1 Å². The van der Waals surface area contributed by atoms with Gasteiger partial charge in [0.15, 0.2) is 0 Å². The Balaban J connectivity index is 1.83. The van der Waals surface area contributed by atoms with Crippen molar-refractivity contribution in [2.45, 2.75) is 6.92 Å². The number of hydrogen-bond donors (Lipinski definition) is 0. The van der Waals surface area contributed by atoms with E-state index in [1.54, 1.807) is 12.1 Å². The van der Waals surface area contributed by atoms with Crippen molar-refractivity contribution in [2.24, 2.45) is 0 Å². The first kappa shape index (κ1) is 14.0. The number of aryl methyl sites for hydroxylation is 1. The van der Waals surface area contributed by atoms with Crippen LogP contribution in [0.15, 0.2) is 48.5 Å². The molecule has 0 radical (unpaired) electrons. The van der Waals surface area contributed by atoms with Crippen LogP contribution in [-0.4, -0.2) is 20.2 Å². The van der Waals surface area contributed by atoms with E-state index in [2.05, 4.69) is 42.2 Å². The summed E-state index contributed by atoms with van der Waals surface area (Å²) in [6.07, 6.45) is 0. The zero-order valence-electron chi connectivity index (χ0n) is 11.8. The van der Waals surface area contributed by atoms with E-state index < -0.39 is 0 Å². The minimum Gasteiger partial charge on any atom is -0.492 e. The standard InChI is InChI=1S/C17H18N2O/c1-14-3-7-16(8-4-14)19(2)11-12-20-17-9-5-15(13-18)6-10-17/h3-10H,11-12H2,1-2H3. The van der Waals surface area contributed by atoms with Crippen molar-refractivity contribution >= 4 is 5.69 Å². The first-order chi connectivity index (χ1) is 9.69.